The average molecular weight is 558 g/mol. The number of para-hydroxylation sites is 2. The molecule has 0 spiro atoms. The van der Waals surface area contributed by atoms with Crippen LogP contribution in [0, 0.1) is 0 Å². The molecular weight excluding hydrogens is 535 g/mol. The van der Waals surface area contributed by atoms with Gasteiger partial charge in [0.05, 0.1) is 15.7 Å². The first-order valence-corrected chi connectivity index (χ1v) is 15.5. The molecule has 9 rings (SSSR count). The number of hydrogen-bond acceptors (Lipinski definition) is 2. The number of hydrogen-bond donors (Lipinski definition) is 0. The third kappa shape index (κ3) is 3.34. The minimum absolute atomic E-state index is 1.20. The molecule has 0 bridgehead atoms. The van der Waals surface area contributed by atoms with E-state index in [0.717, 1.165) is 0 Å². The highest BCUT2D eigenvalue weighted by Crippen LogP contribution is 2.49. The summed E-state index contributed by atoms with van der Waals surface area (Å²) in [5.41, 5.74) is 8.94. The highest BCUT2D eigenvalue weighted by atomic mass is 32.1. The molecule has 0 radical (unpaired) electrons. The molecule has 0 amide bonds. The van der Waals surface area contributed by atoms with Gasteiger partial charge in [-0.15, -0.1) is 22.7 Å². The molecule has 9 aromatic rings. The van der Waals surface area contributed by atoms with Crippen LogP contribution in [0.15, 0.2) is 140 Å². The van der Waals surface area contributed by atoms with Gasteiger partial charge in [-0.3, -0.25) is 0 Å². The third-order valence-corrected chi connectivity index (χ3v) is 10.7. The van der Waals surface area contributed by atoms with Gasteiger partial charge in [0.1, 0.15) is 0 Å². The second-order valence-electron chi connectivity index (χ2n) is 10.5. The second-order valence-corrected chi connectivity index (χ2v) is 12.6. The van der Waals surface area contributed by atoms with Crippen LogP contribution in [0.2, 0.25) is 0 Å². The van der Waals surface area contributed by atoms with Gasteiger partial charge < -0.3 is 4.57 Å². The predicted molar refractivity (Wildman–Crippen MR) is 180 cm³/mol. The maximum absolute atomic E-state index is 2.44. The van der Waals surface area contributed by atoms with E-state index in [1.165, 1.54) is 79.3 Å². The van der Waals surface area contributed by atoms with E-state index in [1.807, 2.05) is 22.7 Å². The lowest BCUT2D eigenvalue weighted by atomic mass is 9.96. The van der Waals surface area contributed by atoms with Crippen LogP contribution in [0.4, 0.5) is 0 Å². The fourth-order valence-electron chi connectivity index (χ4n) is 6.47. The first-order valence-electron chi connectivity index (χ1n) is 13.9. The highest BCUT2D eigenvalue weighted by Gasteiger charge is 2.21. The third-order valence-electron chi connectivity index (χ3n) is 8.21. The van der Waals surface area contributed by atoms with Gasteiger partial charge in [-0.2, -0.15) is 0 Å². The van der Waals surface area contributed by atoms with Crippen LogP contribution in [0.3, 0.4) is 0 Å². The van der Waals surface area contributed by atoms with Crippen molar-refractivity contribution in [2.45, 2.75) is 0 Å². The van der Waals surface area contributed by atoms with E-state index in [-0.39, 0.29) is 0 Å². The molecule has 0 atom stereocenters. The van der Waals surface area contributed by atoms with Crippen LogP contribution < -0.4 is 0 Å². The summed E-state index contributed by atoms with van der Waals surface area (Å²) in [4.78, 5) is 0. The smallest absolute Gasteiger partial charge is 0.0727 e. The van der Waals surface area contributed by atoms with Crippen molar-refractivity contribution in [3.05, 3.63) is 140 Å². The summed E-state index contributed by atoms with van der Waals surface area (Å²) in [5.74, 6) is 0. The maximum Gasteiger partial charge on any atom is 0.0727 e. The molecule has 0 aliphatic heterocycles. The van der Waals surface area contributed by atoms with E-state index in [0.29, 0.717) is 0 Å². The number of fused-ring (bicyclic) bond motifs is 8. The lowest BCUT2D eigenvalue weighted by Gasteiger charge is -2.09. The fraction of sp³-hybridized carbons (Fsp3) is 0. The zero-order valence-corrected chi connectivity index (χ0v) is 23.7. The van der Waals surface area contributed by atoms with Gasteiger partial charge in [0.15, 0.2) is 0 Å². The number of benzene rings is 6. The fourth-order valence-corrected chi connectivity index (χ4v) is 9.08. The summed E-state index contributed by atoms with van der Waals surface area (Å²) in [7, 11) is 0. The summed E-state index contributed by atoms with van der Waals surface area (Å²) in [5, 5.41) is 5.31. The van der Waals surface area contributed by atoms with E-state index >= 15 is 0 Å². The predicted octanol–water partition coefficient (Wildman–Crippen LogP) is 11.7. The summed E-state index contributed by atoms with van der Waals surface area (Å²) in [6.45, 7) is 0. The SMILES string of the molecule is c1ccc(-c2cccc3c2sc2cccc(-c4cccc5c4sc4c6ccccc6n(-c6ccccc6)c54)c23)cc1. The minimum atomic E-state index is 1.20. The normalized spacial score (nSPS) is 11.9. The Labute approximate surface area is 245 Å². The molecule has 41 heavy (non-hydrogen) atoms. The Kier molecular flexibility index (Phi) is 5.00. The van der Waals surface area contributed by atoms with Crippen molar-refractivity contribution in [1.82, 2.24) is 4.57 Å². The molecule has 6 aromatic carbocycles. The molecule has 192 valence electrons. The van der Waals surface area contributed by atoms with E-state index in [9.17, 15) is 0 Å². The molecule has 1 nitrogen and oxygen atoms in total. The zero-order chi connectivity index (χ0) is 26.9. The van der Waals surface area contributed by atoms with Crippen molar-refractivity contribution >= 4 is 74.1 Å². The summed E-state index contributed by atoms with van der Waals surface area (Å²) in [6, 6.07) is 50.8. The average Bonchev–Trinajstić information content (AvgIpc) is 3.71. The highest BCUT2D eigenvalue weighted by molar-refractivity contribution is 7.27. The van der Waals surface area contributed by atoms with Gasteiger partial charge in [-0.25, -0.2) is 0 Å². The van der Waals surface area contributed by atoms with Gasteiger partial charge in [0, 0.05) is 46.9 Å². The van der Waals surface area contributed by atoms with E-state index < -0.39 is 0 Å². The summed E-state index contributed by atoms with van der Waals surface area (Å²) < 4.78 is 7.82. The number of thiophene rings is 2. The summed E-state index contributed by atoms with van der Waals surface area (Å²) >= 11 is 3.83. The molecule has 3 heterocycles. The molecule has 0 unspecified atom stereocenters. The van der Waals surface area contributed by atoms with Gasteiger partial charge in [-0.1, -0.05) is 115 Å². The first-order chi connectivity index (χ1) is 20.4. The second kappa shape index (κ2) is 8.90. The lowest BCUT2D eigenvalue weighted by molar-refractivity contribution is 1.19. The molecule has 0 aliphatic rings. The topological polar surface area (TPSA) is 4.93 Å². The molecule has 0 N–H and O–H groups in total. The molecule has 3 heteroatoms. The van der Waals surface area contributed by atoms with E-state index in [1.54, 1.807) is 0 Å². The van der Waals surface area contributed by atoms with Gasteiger partial charge in [0.25, 0.3) is 0 Å². The molecule has 0 aliphatic carbocycles. The Hall–Kier alpha value is -4.70. The van der Waals surface area contributed by atoms with Crippen molar-refractivity contribution in [3.63, 3.8) is 0 Å². The van der Waals surface area contributed by atoms with Crippen LogP contribution in [0.25, 0.3) is 79.3 Å². The van der Waals surface area contributed by atoms with Crippen LogP contribution in [-0.4, -0.2) is 4.57 Å². The Balaban J connectivity index is 1.37. The Morgan fingerprint density at radius 2 is 1.05 bits per heavy atom. The zero-order valence-electron chi connectivity index (χ0n) is 22.0. The number of rotatable bonds is 3. The maximum atomic E-state index is 2.44. The van der Waals surface area contributed by atoms with Crippen molar-refractivity contribution in [3.8, 4) is 27.9 Å². The molecule has 0 saturated carbocycles. The van der Waals surface area contributed by atoms with E-state index in [4.69, 9.17) is 0 Å². The quantitative estimate of drug-likeness (QED) is 0.204. The number of nitrogens with zero attached hydrogens (tertiary/aromatic N) is 1. The van der Waals surface area contributed by atoms with Crippen molar-refractivity contribution in [2.75, 3.05) is 0 Å². The first kappa shape index (κ1) is 23.0. The molecule has 3 aromatic heterocycles. The standard InChI is InChI=1S/C38H23NS2/c1-3-12-24(13-4-1)26-17-9-20-30-34-27(18-11-23-33(34)40-36(26)30)28-19-10-21-31-35-38(41-37(28)31)29-16-7-8-22-32(29)39(35)25-14-5-2-6-15-25/h1-23H. The Bertz CT molecular complexity index is 2410. The number of aromatic nitrogens is 1. The van der Waals surface area contributed by atoms with Crippen molar-refractivity contribution < 1.29 is 0 Å². The van der Waals surface area contributed by atoms with Gasteiger partial charge in [-0.05, 0) is 41.0 Å². The van der Waals surface area contributed by atoms with Crippen molar-refractivity contribution in [1.29, 1.82) is 0 Å². The summed E-state index contributed by atoms with van der Waals surface area (Å²) in [6.07, 6.45) is 0. The lowest BCUT2D eigenvalue weighted by Crippen LogP contribution is -1.92. The van der Waals surface area contributed by atoms with Crippen LogP contribution in [0.5, 0.6) is 0 Å². The van der Waals surface area contributed by atoms with Gasteiger partial charge in [0.2, 0.25) is 0 Å². The molecule has 0 fully saturated rings. The van der Waals surface area contributed by atoms with Crippen molar-refractivity contribution in [2.24, 2.45) is 0 Å². The Morgan fingerprint density at radius 3 is 1.90 bits per heavy atom. The molecule has 0 saturated heterocycles. The van der Waals surface area contributed by atoms with E-state index in [2.05, 4.69) is 144 Å². The largest absolute Gasteiger partial charge is 0.308 e. The molecular formula is C38H23NS2. The monoisotopic (exact) mass is 557 g/mol. The minimum Gasteiger partial charge on any atom is -0.308 e. The Morgan fingerprint density at radius 1 is 0.415 bits per heavy atom. The van der Waals surface area contributed by atoms with Crippen LogP contribution >= 0.6 is 22.7 Å². The van der Waals surface area contributed by atoms with Gasteiger partial charge >= 0.3 is 0 Å². The van der Waals surface area contributed by atoms with Crippen LogP contribution in [0.1, 0.15) is 0 Å². The van der Waals surface area contributed by atoms with Crippen LogP contribution in [-0.2, 0) is 0 Å².